The summed E-state index contributed by atoms with van der Waals surface area (Å²) in [6.07, 6.45) is 1.94. The zero-order valence-corrected chi connectivity index (χ0v) is 17.8. The lowest BCUT2D eigenvalue weighted by atomic mass is 9.99. The fraction of sp³-hybridized carbons (Fsp3) is 0.0690. The fourth-order valence-corrected chi connectivity index (χ4v) is 4.71. The van der Waals surface area contributed by atoms with Crippen LogP contribution in [0.1, 0.15) is 6.92 Å². The van der Waals surface area contributed by atoms with Gasteiger partial charge in [-0.1, -0.05) is 72.8 Å². The number of nitrogens with zero attached hydrogens (tertiary/aromatic N) is 2. The maximum absolute atomic E-state index is 5.81. The minimum absolute atomic E-state index is 0.592. The van der Waals surface area contributed by atoms with Crippen LogP contribution in [0.4, 0.5) is 0 Å². The van der Waals surface area contributed by atoms with Crippen molar-refractivity contribution in [3.05, 3.63) is 103 Å². The summed E-state index contributed by atoms with van der Waals surface area (Å²) in [6, 6.07) is 34.1. The molecule has 154 valence electrons. The number of pyridine rings is 1. The molecule has 0 saturated heterocycles. The molecule has 0 bridgehead atoms. The summed E-state index contributed by atoms with van der Waals surface area (Å²) in [4.78, 5) is 4.69. The molecule has 0 aliphatic rings. The second-order valence-corrected chi connectivity index (χ2v) is 7.84. The van der Waals surface area contributed by atoms with Crippen LogP contribution < -0.4 is 4.74 Å². The molecule has 3 nitrogen and oxygen atoms in total. The van der Waals surface area contributed by atoms with Crippen molar-refractivity contribution >= 4 is 32.6 Å². The zero-order valence-electron chi connectivity index (χ0n) is 17.8. The fourth-order valence-electron chi connectivity index (χ4n) is 4.71. The minimum Gasteiger partial charge on any atom is -0.478 e. The number of fused-ring (bicyclic) bond motifs is 4. The standard InChI is InChI=1S/C29H22N2O/c1-2-32-29-24-15-4-3-11-20(24)25(19-30-29)23-14-7-10-18-28(23)31-26-16-8-5-12-21(26)22-13-6-9-17-27(22)31/h3-19H,2H2,1H3. The first kappa shape index (κ1) is 18.6. The topological polar surface area (TPSA) is 27.1 Å². The third-order valence-electron chi connectivity index (χ3n) is 6.05. The van der Waals surface area contributed by atoms with E-state index in [0.29, 0.717) is 12.5 Å². The molecule has 0 saturated carbocycles. The maximum Gasteiger partial charge on any atom is 0.221 e. The Labute approximate surface area is 186 Å². The van der Waals surface area contributed by atoms with Crippen LogP contribution in [0.2, 0.25) is 0 Å². The maximum atomic E-state index is 5.81. The number of aromatic nitrogens is 2. The molecule has 0 radical (unpaired) electrons. The molecule has 0 amide bonds. The molecule has 32 heavy (non-hydrogen) atoms. The SMILES string of the molecule is CCOc1ncc(-c2ccccc2-n2c3ccccc3c3ccccc32)c2ccccc12. The highest BCUT2D eigenvalue weighted by Crippen LogP contribution is 2.39. The molecule has 0 atom stereocenters. The highest BCUT2D eigenvalue weighted by atomic mass is 16.5. The predicted molar refractivity (Wildman–Crippen MR) is 133 cm³/mol. The average Bonchev–Trinajstić information content (AvgIpc) is 3.19. The van der Waals surface area contributed by atoms with E-state index in [4.69, 9.17) is 4.74 Å². The van der Waals surface area contributed by atoms with Gasteiger partial charge in [0.05, 0.1) is 23.3 Å². The molecule has 3 heteroatoms. The van der Waals surface area contributed by atoms with Gasteiger partial charge in [-0.25, -0.2) is 4.98 Å². The normalized spacial score (nSPS) is 11.4. The summed E-state index contributed by atoms with van der Waals surface area (Å²) in [5.41, 5.74) is 5.78. The Hall–Kier alpha value is -4.11. The Morgan fingerprint density at radius 1 is 0.625 bits per heavy atom. The van der Waals surface area contributed by atoms with E-state index in [1.807, 2.05) is 19.2 Å². The van der Waals surface area contributed by atoms with Gasteiger partial charge in [0.15, 0.2) is 0 Å². The van der Waals surface area contributed by atoms with Gasteiger partial charge in [0.1, 0.15) is 0 Å². The first-order valence-electron chi connectivity index (χ1n) is 11.0. The molecule has 6 aromatic rings. The Bertz CT molecular complexity index is 1540. The Kier molecular flexibility index (Phi) is 4.39. The second kappa shape index (κ2) is 7.54. The van der Waals surface area contributed by atoms with Crippen molar-refractivity contribution in [3.63, 3.8) is 0 Å². The third-order valence-corrected chi connectivity index (χ3v) is 6.05. The van der Waals surface area contributed by atoms with Gasteiger partial charge in [-0.05, 0) is 36.6 Å². The lowest BCUT2D eigenvalue weighted by Gasteiger charge is -2.16. The van der Waals surface area contributed by atoms with Gasteiger partial charge in [-0.3, -0.25) is 0 Å². The molecule has 0 N–H and O–H groups in total. The van der Waals surface area contributed by atoms with Gasteiger partial charge in [-0.2, -0.15) is 0 Å². The van der Waals surface area contributed by atoms with E-state index >= 15 is 0 Å². The largest absolute Gasteiger partial charge is 0.478 e. The van der Waals surface area contributed by atoms with Crippen LogP contribution in [0.15, 0.2) is 103 Å². The van der Waals surface area contributed by atoms with E-state index in [9.17, 15) is 0 Å². The second-order valence-electron chi connectivity index (χ2n) is 7.84. The quantitative estimate of drug-likeness (QED) is 0.300. The molecule has 0 spiro atoms. The number of benzene rings is 4. The molecule has 2 heterocycles. The summed E-state index contributed by atoms with van der Waals surface area (Å²) < 4.78 is 8.18. The van der Waals surface area contributed by atoms with E-state index in [1.165, 1.54) is 21.8 Å². The molecule has 0 aliphatic carbocycles. The molecular formula is C29H22N2O. The van der Waals surface area contributed by atoms with Crippen molar-refractivity contribution < 1.29 is 4.74 Å². The first-order chi connectivity index (χ1) is 15.9. The van der Waals surface area contributed by atoms with Gasteiger partial charge in [0.2, 0.25) is 5.88 Å². The molecule has 6 rings (SSSR count). The number of hydrogen-bond acceptors (Lipinski definition) is 2. The van der Waals surface area contributed by atoms with Crippen LogP contribution in [0.25, 0.3) is 49.4 Å². The van der Waals surface area contributed by atoms with Crippen molar-refractivity contribution in [2.24, 2.45) is 0 Å². The number of ether oxygens (including phenoxy) is 1. The van der Waals surface area contributed by atoms with Gasteiger partial charge in [-0.15, -0.1) is 0 Å². The molecular weight excluding hydrogens is 392 g/mol. The van der Waals surface area contributed by atoms with Crippen molar-refractivity contribution in [1.29, 1.82) is 0 Å². The van der Waals surface area contributed by atoms with Crippen molar-refractivity contribution in [1.82, 2.24) is 9.55 Å². The van der Waals surface area contributed by atoms with Crippen molar-refractivity contribution in [3.8, 4) is 22.7 Å². The highest BCUT2D eigenvalue weighted by Gasteiger charge is 2.17. The summed E-state index contributed by atoms with van der Waals surface area (Å²) in [6.45, 7) is 2.58. The van der Waals surface area contributed by atoms with Gasteiger partial charge >= 0.3 is 0 Å². The third kappa shape index (κ3) is 2.78. The van der Waals surface area contributed by atoms with Gasteiger partial charge < -0.3 is 9.30 Å². The number of rotatable bonds is 4. The van der Waals surface area contributed by atoms with Gasteiger partial charge in [0, 0.05) is 33.5 Å². The zero-order chi connectivity index (χ0) is 21.5. The van der Waals surface area contributed by atoms with Crippen LogP contribution >= 0.6 is 0 Å². The molecule has 2 aromatic heterocycles. The number of para-hydroxylation sites is 3. The van der Waals surface area contributed by atoms with E-state index in [1.54, 1.807) is 0 Å². The molecule has 4 aromatic carbocycles. The highest BCUT2D eigenvalue weighted by molar-refractivity contribution is 6.10. The van der Waals surface area contributed by atoms with Gasteiger partial charge in [0.25, 0.3) is 0 Å². The van der Waals surface area contributed by atoms with E-state index < -0.39 is 0 Å². The predicted octanol–water partition coefficient (Wildman–Crippen LogP) is 7.40. The summed E-state index contributed by atoms with van der Waals surface area (Å²) in [5.74, 6) is 0.682. The summed E-state index contributed by atoms with van der Waals surface area (Å²) in [7, 11) is 0. The Morgan fingerprint density at radius 2 is 1.19 bits per heavy atom. The monoisotopic (exact) mass is 414 g/mol. The Balaban J connectivity index is 1.69. The first-order valence-corrected chi connectivity index (χ1v) is 11.0. The van der Waals surface area contributed by atoms with Crippen LogP contribution in [0, 0.1) is 0 Å². The molecule has 0 fully saturated rings. The van der Waals surface area contributed by atoms with Crippen LogP contribution in [0.5, 0.6) is 5.88 Å². The smallest absolute Gasteiger partial charge is 0.221 e. The van der Waals surface area contributed by atoms with Crippen LogP contribution in [0.3, 0.4) is 0 Å². The number of hydrogen-bond donors (Lipinski definition) is 0. The van der Waals surface area contributed by atoms with Crippen LogP contribution in [-0.4, -0.2) is 16.2 Å². The van der Waals surface area contributed by atoms with E-state index in [0.717, 1.165) is 27.6 Å². The average molecular weight is 415 g/mol. The minimum atomic E-state index is 0.592. The van der Waals surface area contributed by atoms with Crippen molar-refractivity contribution in [2.75, 3.05) is 6.61 Å². The van der Waals surface area contributed by atoms with E-state index in [-0.39, 0.29) is 0 Å². The van der Waals surface area contributed by atoms with E-state index in [2.05, 4.69) is 101 Å². The molecule has 0 aliphatic heterocycles. The summed E-state index contributed by atoms with van der Waals surface area (Å²) in [5, 5.41) is 4.68. The lowest BCUT2D eigenvalue weighted by molar-refractivity contribution is 0.331. The lowest BCUT2D eigenvalue weighted by Crippen LogP contribution is -1.99. The summed E-state index contributed by atoms with van der Waals surface area (Å²) >= 11 is 0. The van der Waals surface area contributed by atoms with Crippen LogP contribution in [-0.2, 0) is 0 Å². The Morgan fingerprint density at radius 3 is 1.88 bits per heavy atom. The molecule has 0 unspecified atom stereocenters. The van der Waals surface area contributed by atoms with Crippen molar-refractivity contribution in [2.45, 2.75) is 6.92 Å².